The first-order chi connectivity index (χ1) is 7.63. The summed E-state index contributed by atoms with van der Waals surface area (Å²) >= 11 is 0. The van der Waals surface area contributed by atoms with Crippen molar-refractivity contribution in [1.29, 1.82) is 0 Å². The molecule has 0 aliphatic carbocycles. The number of carbonyl (C=O) groups is 1. The molecule has 1 atom stereocenters. The lowest BCUT2D eigenvalue weighted by Crippen LogP contribution is -2.29. The van der Waals surface area contributed by atoms with E-state index in [4.69, 9.17) is 5.73 Å². The molecule has 0 spiro atoms. The van der Waals surface area contributed by atoms with E-state index in [0.717, 1.165) is 12.0 Å². The van der Waals surface area contributed by atoms with Crippen molar-refractivity contribution >= 4 is 5.91 Å². The van der Waals surface area contributed by atoms with Crippen LogP contribution in [0.4, 0.5) is 0 Å². The van der Waals surface area contributed by atoms with Crippen LogP contribution in [0.15, 0.2) is 18.5 Å². The highest BCUT2D eigenvalue weighted by Crippen LogP contribution is 2.02. The summed E-state index contributed by atoms with van der Waals surface area (Å²) in [5, 5.41) is 2.88. The van der Waals surface area contributed by atoms with Crippen molar-refractivity contribution in [2.24, 2.45) is 11.7 Å². The lowest BCUT2D eigenvalue weighted by Gasteiger charge is -2.11. The number of hydrogen-bond donors (Lipinski definition) is 2. The smallest absolute Gasteiger partial charge is 0.252 e. The summed E-state index contributed by atoms with van der Waals surface area (Å²) < 4.78 is 0. The Morgan fingerprint density at radius 3 is 2.94 bits per heavy atom. The van der Waals surface area contributed by atoms with E-state index in [1.54, 1.807) is 12.4 Å². The molecular weight excluding hydrogens is 202 g/mol. The van der Waals surface area contributed by atoms with Crippen LogP contribution in [0.25, 0.3) is 0 Å². The maximum absolute atomic E-state index is 11.7. The number of hydrogen-bond acceptors (Lipinski definition) is 3. The summed E-state index contributed by atoms with van der Waals surface area (Å²) in [5.74, 6) is 0.340. The van der Waals surface area contributed by atoms with Crippen LogP contribution in [0.3, 0.4) is 0 Å². The average Bonchev–Trinajstić information content (AvgIpc) is 2.26. The van der Waals surface area contributed by atoms with Gasteiger partial charge in [-0.15, -0.1) is 0 Å². The highest BCUT2D eigenvalue weighted by Gasteiger charge is 2.07. The van der Waals surface area contributed by atoms with Crippen LogP contribution in [0, 0.1) is 12.8 Å². The minimum absolute atomic E-state index is 0.0694. The molecule has 0 fully saturated rings. The number of carbonyl (C=O) groups excluding carboxylic acids is 1. The van der Waals surface area contributed by atoms with Crippen molar-refractivity contribution in [3.8, 4) is 0 Å². The molecule has 0 aliphatic rings. The fourth-order valence-corrected chi connectivity index (χ4v) is 1.43. The second-order valence-electron chi connectivity index (χ2n) is 4.14. The van der Waals surface area contributed by atoms with Gasteiger partial charge in [-0.3, -0.25) is 9.78 Å². The second-order valence-corrected chi connectivity index (χ2v) is 4.14. The zero-order valence-electron chi connectivity index (χ0n) is 9.86. The summed E-state index contributed by atoms with van der Waals surface area (Å²) in [6.45, 7) is 5.30. The summed E-state index contributed by atoms with van der Waals surface area (Å²) in [6.07, 6.45) is 4.23. The van der Waals surface area contributed by atoms with Gasteiger partial charge in [0.25, 0.3) is 5.91 Å². The quantitative estimate of drug-likeness (QED) is 0.782. The maximum atomic E-state index is 11.7. The van der Waals surface area contributed by atoms with Gasteiger partial charge in [0.2, 0.25) is 0 Å². The van der Waals surface area contributed by atoms with E-state index in [1.807, 2.05) is 13.0 Å². The Balaban J connectivity index is 2.47. The van der Waals surface area contributed by atoms with Crippen molar-refractivity contribution in [2.45, 2.75) is 20.3 Å². The van der Waals surface area contributed by atoms with Crippen LogP contribution in [0.1, 0.15) is 29.3 Å². The van der Waals surface area contributed by atoms with Crippen molar-refractivity contribution in [2.75, 3.05) is 13.1 Å². The Hall–Kier alpha value is -1.42. The molecule has 0 aromatic carbocycles. The molecule has 0 radical (unpaired) electrons. The molecule has 1 rings (SSSR count). The summed E-state index contributed by atoms with van der Waals surface area (Å²) in [5.41, 5.74) is 7.04. The largest absolute Gasteiger partial charge is 0.352 e. The Bertz CT molecular complexity index is 352. The van der Waals surface area contributed by atoms with Gasteiger partial charge in [0.05, 0.1) is 5.56 Å². The topological polar surface area (TPSA) is 68.0 Å². The van der Waals surface area contributed by atoms with Crippen LogP contribution >= 0.6 is 0 Å². The first-order valence-electron chi connectivity index (χ1n) is 5.53. The van der Waals surface area contributed by atoms with Crippen molar-refractivity contribution in [3.05, 3.63) is 29.6 Å². The number of aromatic nitrogens is 1. The molecule has 4 nitrogen and oxygen atoms in total. The van der Waals surface area contributed by atoms with E-state index in [1.165, 1.54) is 0 Å². The molecule has 3 N–H and O–H groups in total. The third-order valence-corrected chi connectivity index (χ3v) is 2.41. The third kappa shape index (κ3) is 3.98. The molecule has 1 aromatic rings. The molecular formula is C12H19N3O. The van der Waals surface area contributed by atoms with Gasteiger partial charge in [-0.25, -0.2) is 0 Å². The predicted molar refractivity (Wildman–Crippen MR) is 64.1 cm³/mol. The fourth-order valence-electron chi connectivity index (χ4n) is 1.43. The molecule has 1 unspecified atom stereocenters. The zero-order chi connectivity index (χ0) is 12.0. The number of pyridine rings is 1. The monoisotopic (exact) mass is 221 g/mol. The SMILES string of the molecule is Cc1cncc(C(=O)NCC(C)CCN)c1. The number of nitrogens with one attached hydrogen (secondary N) is 1. The Morgan fingerprint density at radius 1 is 1.56 bits per heavy atom. The highest BCUT2D eigenvalue weighted by molar-refractivity contribution is 5.93. The third-order valence-electron chi connectivity index (χ3n) is 2.41. The minimum Gasteiger partial charge on any atom is -0.352 e. The first kappa shape index (κ1) is 12.6. The van der Waals surface area contributed by atoms with Gasteiger partial charge in [-0.1, -0.05) is 6.92 Å². The lowest BCUT2D eigenvalue weighted by atomic mass is 10.1. The van der Waals surface area contributed by atoms with Crippen LogP contribution in [-0.4, -0.2) is 24.0 Å². The van der Waals surface area contributed by atoms with Gasteiger partial charge in [0.15, 0.2) is 0 Å². The minimum atomic E-state index is -0.0694. The standard InChI is InChI=1S/C12H19N3O/c1-9(3-4-13)7-15-12(16)11-5-10(2)6-14-8-11/h5-6,8-9H,3-4,7,13H2,1-2H3,(H,15,16). The van der Waals surface area contributed by atoms with Crippen molar-refractivity contribution < 1.29 is 4.79 Å². The molecule has 4 heteroatoms. The van der Waals surface area contributed by atoms with Crippen molar-refractivity contribution in [1.82, 2.24) is 10.3 Å². The summed E-state index contributed by atoms with van der Waals surface area (Å²) in [6, 6.07) is 1.83. The van der Waals surface area contributed by atoms with Gasteiger partial charge in [0.1, 0.15) is 0 Å². The van der Waals surface area contributed by atoms with E-state index < -0.39 is 0 Å². The fraction of sp³-hybridized carbons (Fsp3) is 0.500. The molecule has 88 valence electrons. The van der Waals surface area contributed by atoms with E-state index in [9.17, 15) is 4.79 Å². The molecule has 0 aliphatic heterocycles. The molecule has 1 amide bonds. The van der Waals surface area contributed by atoms with E-state index >= 15 is 0 Å². The number of nitrogens with two attached hydrogens (primary N) is 1. The number of amides is 1. The summed E-state index contributed by atoms with van der Waals surface area (Å²) in [4.78, 5) is 15.7. The molecule has 0 saturated heterocycles. The summed E-state index contributed by atoms with van der Waals surface area (Å²) in [7, 11) is 0. The van der Waals surface area contributed by atoms with Crippen LogP contribution in [0.5, 0.6) is 0 Å². The van der Waals surface area contributed by atoms with E-state index in [-0.39, 0.29) is 5.91 Å². The van der Waals surface area contributed by atoms with Crippen LogP contribution in [0.2, 0.25) is 0 Å². The molecule has 0 bridgehead atoms. The molecule has 1 heterocycles. The van der Waals surface area contributed by atoms with Gasteiger partial charge in [0, 0.05) is 18.9 Å². The van der Waals surface area contributed by atoms with E-state index in [0.29, 0.717) is 24.6 Å². The maximum Gasteiger partial charge on any atom is 0.252 e. The Labute approximate surface area is 96.3 Å². The number of rotatable bonds is 5. The zero-order valence-corrected chi connectivity index (χ0v) is 9.86. The normalized spacial score (nSPS) is 12.2. The predicted octanol–water partition coefficient (Wildman–Crippen LogP) is 1.10. The van der Waals surface area contributed by atoms with Crippen molar-refractivity contribution in [3.63, 3.8) is 0 Å². The molecule has 16 heavy (non-hydrogen) atoms. The Kier molecular flexibility index (Phi) is 4.92. The van der Waals surface area contributed by atoms with E-state index in [2.05, 4.69) is 17.2 Å². The molecule has 1 aromatic heterocycles. The van der Waals surface area contributed by atoms with Gasteiger partial charge in [-0.05, 0) is 37.4 Å². The van der Waals surface area contributed by atoms with Crippen LogP contribution in [-0.2, 0) is 0 Å². The Morgan fingerprint density at radius 2 is 2.31 bits per heavy atom. The van der Waals surface area contributed by atoms with Gasteiger partial charge >= 0.3 is 0 Å². The molecule has 0 saturated carbocycles. The lowest BCUT2D eigenvalue weighted by molar-refractivity contribution is 0.0947. The number of nitrogens with zero attached hydrogens (tertiary/aromatic N) is 1. The van der Waals surface area contributed by atoms with Gasteiger partial charge in [-0.2, -0.15) is 0 Å². The van der Waals surface area contributed by atoms with Crippen LogP contribution < -0.4 is 11.1 Å². The van der Waals surface area contributed by atoms with Gasteiger partial charge < -0.3 is 11.1 Å². The average molecular weight is 221 g/mol. The number of aryl methyl sites for hydroxylation is 1. The first-order valence-corrected chi connectivity index (χ1v) is 5.53. The highest BCUT2D eigenvalue weighted by atomic mass is 16.1. The second kappa shape index (κ2) is 6.23.